The molecule has 5 rings (SSSR count). The predicted octanol–water partition coefficient (Wildman–Crippen LogP) is 1.61. The molecule has 274 valence electrons. The third-order valence-electron chi connectivity index (χ3n) is 9.02. The van der Waals surface area contributed by atoms with Crippen molar-refractivity contribution in [2.45, 2.75) is 56.7 Å². The average molecular weight is 711 g/mol. The number of hydrogen-bond acceptors (Lipinski definition) is 7. The first-order valence-electron chi connectivity index (χ1n) is 17.7. The zero-order valence-electron chi connectivity index (χ0n) is 29.3. The molecule has 0 spiro atoms. The van der Waals surface area contributed by atoms with Gasteiger partial charge in [-0.1, -0.05) is 72.8 Å². The van der Waals surface area contributed by atoms with Crippen LogP contribution in [0.1, 0.15) is 47.2 Å². The third-order valence-corrected chi connectivity index (χ3v) is 9.02. The minimum atomic E-state index is -1.30. The van der Waals surface area contributed by atoms with Crippen LogP contribution in [0.2, 0.25) is 0 Å². The molecule has 2 heterocycles. The molecule has 13 nitrogen and oxygen atoms in total. The van der Waals surface area contributed by atoms with Gasteiger partial charge in [-0.3, -0.25) is 28.8 Å². The number of nitrogens with zero attached hydrogens (tertiary/aromatic N) is 2. The number of hydrogen-bond donors (Lipinski definition) is 4. The molecule has 0 bridgehead atoms. The normalized spacial score (nSPS) is 20.6. The van der Waals surface area contributed by atoms with Gasteiger partial charge in [-0.15, -0.1) is 0 Å². The first kappa shape index (κ1) is 37.5. The van der Waals surface area contributed by atoms with Crippen molar-refractivity contribution in [3.63, 3.8) is 0 Å². The Balaban J connectivity index is 1.40. The molecule has 1 fully saturated rings. The fourth-order valence-electron chi connectivity index (χ4n) is 6.33. The van der Waals surface area contributed by atoms with E-state index >= 15 is 0 Å². The summed E-state index contributed by atoms with van der Waals surface area (Å²) < 4.78 is 6.13. The second-order valence-electron chi connectivity index (χ2n) is 13.1. The number of rotatable bonds is 9. The number of carbonyl (C=O) groups is 6. The van der Waals surface area contributed by atoms with Crippen molar-refractivity contribution in [2.75, 3.05) is 39.8 Å². The SMILES string of the molecule is CN1CC(=O)N[C@H](Cc2ccccc2)COc2ccccc2C(=O)N[C@H](C(=O)NCCCN2CCCC2=O)CC(=O)N[C@@H](Cc2ccccc2)C1=O. The van der Waals surface area contributed by atoms with E-state index < -0.39 is 54.1 Å². The average Bonchev–Trinajstić information content (AvgIpc) is 3.55. The largest absolute Gasteiger partial charge is 0.491 e. The number of nitrogens with one attached hydrogen (secondary N) is 4. The molecule has 2 aliphatic rings. The summed E-state index contributed by atoms with van der Waals surface area (Å²) in [5.74, 6) is -2.49. The number of carbonyl (C=O) groups excluding carboxylic acids is 6. The van der Waals surface area contributed by atoms with Crippen LogP contribution < -0.4 is 26.0 Å². The fraction of sp³-hybridized carbons (Fsp3) is 0.385. The van der Waals surface area contributed by atoms with Crippen LogP contribution in [0.15, 0.2) is 84.9 Å². The topological polar surface area (TPSA) is 166 Å². The van der Waals surface area contributed by atoms with Crippen molar-refractivity contribution in [1.82, 2.24) is 31.1 Å². The Kier molecular flexibility index (Phi) is 13.4. The lowest BCUT2D eigenvalue weighted by Gasteiger charge is -2.26. The van der Waals surface area contributed by atoms with Crippen molar-refractivity contribution in [3.05, 3.63) is 102 Å². The van der Waals surface area contributed by atoms with E-state index in [0.717, 1.165) is 17.5 Å². The van der Waals surface area contributed by atoms with Crippen LogP contribution in [0.3, 0.4) is 0 Å². The van der Waals surface area contributed by atoms with Crippen LogP contribution >= 0.6 is 0 Å². The quantitative estimate of drug-likeness (QED) is 0.245. The van der Waals surface area contributed by atoms with Gasteiger partial charge in [0, 0.05) is 39.5 Å². The van der Waals surface area contributed by atoms with Gasteiger partial charge in [0.05, 0.1) is 24.6 Å². The Morgan fingerprint density at radius 2 is 1.50 bits per heavy atom. The van der Waals surface area contributed by atoms with E-state index in [0.29, 0.717) is 32.4 Å². The molecule has 0 radical (unpaired) electrons. The lowest BCUT2D eigenvalue weighted by Crippen LogP contribution is -2.54. The molecule has 52 heavy (non-hydrogen) atoms. The molecule has 0 aromatic heterocycles. The van der Waals surface area contributed by atoms with Gasteiger partial charge in [0.2, 0.25) is 29.5 Å². The van der Waals surface area contributed by atoms with Crippen LogP contribution in [0.25, 0.3) is 0 Å². The predicted molar refractivity (Wildman–Crippen MR) is 193 cm³/mol. The van der Waals surface area contributed by atoms with Crippen molar-refractivity contribution in [3.8, 4) is 5.75 Å². The van der Waals surface area contributed by atoms with Crippen LogP contribution in [-0.4, -0.2) is 103 Å². The Morgan fingerprint density at radius 1 is 0.827 bits per heavy atom. The number of para-hydroxylation sites is 1. The number of likely N-dealkylation sites (N-methyl/N-ethyl adjacent to an activating group) is 1. The number of fused-ring (bicyclic) bond motifs is 1. The van der Waals surface area contributed by atoms with Crippen LogP contribution in [0, 0.1) is 0 Å². The van der Waals surface area contributed by atoms with E-state index in [4.69, 9.17) is 4.74 Å². The number of amides is 6. The summed E-state index contributed by atoms with van der Waals surface area (Å²) in [7, 11) is 1.49. The smallest absolute Gasteiger partial charge is 0.255 e. The maximum absolute atomic E-state index is 13.8. The molecule has 4 N–H and O–H groups in total. The molecule has 0 aliphatic carbocycles. The lowest BCUT2D eigenvalue weighted by molar-refractivity contribution is -0.138. The number of benzene rings is 3. The molecule has 0 unspecified atom stereocenters. The molecule has 3 aromatic rings. The van der Waals surface area contributed by atoms with Crippen molar-refractivity contribution < 1.29 is 33.5 Å². The third kappa shape index (κ3) is 10.9. The highest BCUT2D eigenvalue weighted by molar-refractivity contribution is 6.01. The van der Waals surface area contributed by atoms with E-state index in [9.17, 15) is 28.8 Å². The van der Waals surface area contributed by atoms with Crippen molar-refractivity contribution in [2.24, 2.45) is 0 Å². The van der Waals surface area contributed by atoms with Crippen LogP contribution in [-0.2, 0) is 36.8 Å². The summed E-state index contributed by atoms with van der Waals surface area (Å²) in [4.78, 5) is 83.1. The molecule has 1 saturated heterocycles. The summed E-state index contributed by atoms with van der Waals surface area (Å²) in [6, 6.07) is 22.3. The molecular formula is C39H46N6O7. The highest BCUT2D eigenvalue weighted by atomic mass is 16.5. The highest BCUT2D eigenvalue weighted by Gasteiger charge is 2.31. The van der Waals surface area contributed by atoms with Crippen molar-refractivity contribution >= 4 is 35.4 Å². The second-order valence-corrected chi connectivity index (χ2v) is 13.1. The van der Waals surface area contributed by atoms with Gasteiger partial charge >= 0.3 is 0 Å². The van der Waals surface area contributed by atoms with E-state index in [1.54, 1.807) is 29.2 Å². The lowest BCUT2D eigenvalue weighted by atomic mass is 10.0. The molecule has 0 saturated carbocycles. The number of likely N-dealkylation sites (tertiary alicyclic amines) is 1. The second kappa shape index (κ2) is 18.5. The van der Waals surface area contributed by atoms with Crippen LogP contribution in [0.5, 0.6) is 5.75 Å². The Morgan fingerprint density at radius 3 is 2.19 bits per heavy atom. The molecule has 2 aliphatic heterocycles. The van der Waals surface area contributed by atoms with E-state index in [1.807, 2.05) is 60.7 Å². The summed E-state index contributed by atoms with van der Waals surface area (Å²) in [6.07, 6.45) is 1.91. The van der Waals surface area contributed by atoms with Gasteiger partial charge in [-0.2, -0.15) is 0 Å². The standard InChI is InChI=1S/C39H46N6O7/c1-44-25-35(47)41-29(22-27-12-4-2-5-13-27)26-52-33-17-9-8-16-30(33)37(49)43-31(38(50)40-19-11-21-45-20-10-18-36(45)48)24-34(46)42-32(39(44)51)23-28-14-6-3-7-15-28/h2-9,12-17,29,31-32H,10-11,18-26H2,1H3,(H,40,50)(H,41,47)(H,42,46)(H,43,49)/t29-,31+,32+/m1/s1. The van der Waals surface area contributed by atoms with Gasteiger partial charge in [-0.05, 0) is 42.5 Å². The van der Waals surface area contributed by atoms with Gasteiger partial charge < -0.3 is 35.8 Å². The van der Waals surface area contributed by atoms with E-state index in [2.05, 4.69) is 21.3 Å². The van der Waals surface area contributed by atoms with E-state index in [1.165, 1.54) is 11.9 Å². The molecule has 3 aromatic carbocycles. The summed E-state index contributed by atoms with van der Waals surface area (Å²) >= 11 is 0. The van der Waals surface area contributed by atoms with E-state index in [-0.39, 0.29) is 43.3 Å². The zero-order valence-corrected chi connectivity index (χ0v) is 29.3. The Labute approximate surface area is 303 Å². The van der Waals surface area contributed by atoms with Gasteiger partial charge in [0.25, 0.3) is 5.91 Å². The van der Waals surface area contributed by atoms with Gasteiger partial charge in [-0.25, -0.2) is 0 Å². The monoisotopic (exact) mass is 710 g/mol. The number of ether oxygens (including phenoxy) is 1. The molecular weight excluding hydrogens is 664 g/mol. The molecule has 3 atom stereocenters. The fourth-order valence-corrected chi connectivity index (χ4v) is 6.33. The maximum atomic E-state index is 13.8. The first-order valence-corrected chi connectivity index (χ1v) is 17.7. The molecule has 13 heteroatoms. The Hall–Kier alpha value is -5.72. The highest BCUT2D eigenvalue weighted by Crippen LogP contribution is 2.19. The summed E-state index contributed by atoms with van der Waals surface area (Å²) in [5.41, 5.74) is 1.86. The minimum absolute atomic E-state index is 0.00268. The zero-order chi connectivity index (χ0) is 36.9. The van der Waals surface area contributed by atoms with Crippen LogP contribution in [0.4, 0.5) is 0 Å². The first-order chi connectivity index (χ1) is 25.2. The van der Waals surface area contributed by atoms with Gasteiger partial charge in [0.1, 0.15) is 24.4 Å². The maximum Gasteiger partial charge on any atom is 0.255 e. The minimum Gasteiger partial charge on any atom is -0.491 e. The summed E-state index contributed by atoms with van der Waals surface area (Å²) in [6.45, 7) is 1.11. The molecule has 6 amide bonds. The Bertz CT molecular complexity index is 1720. The van der Waals surface area contributed by atoms with Gasteiger partial charge in [0.15, 0.2) is 0 Å². The van der Waals surface area contributed by atoms with Crippen molar-refractivity contribution in [1.29, 1.82) is 0 Å². The summed E-state index contributed by atoms with van der Waals surface area (Å²) in [5, 5.41) is 11.2.